The van der Waals surface area contributed by atoms with Crippen LogP contribution in [-0.2, 0) is 18.3 Å². The van der Waals surface area contributed by atoms with E-state index in [0.717, 1.165) is 17.8 Å². The lowest BCUT2D eigenvalue weighted by molar-refractivity contribution is -0.383. The van der Waals surface area contributed by atoms with Crippen LogP contribution in [0, 0.1) is 10.1 Å². The molecule has 0 aliphatic carbocycles. The van der Waals surface area contributed by atoms with Crippen LogP contribution in [0.3, 0.4) is 0 Å². The summed E-state index contributed by atoms with van der Waals surface area (Å²) in [7, 11) is 1.85. The van der Waals surface area contributed by atoms with Crippen molar-refractivity contribution < 1.29 is 9.72 Å². The average Bonchev–Trinajstić information content (AvgIpc) is 3.26. The van der Waals surface area contributed by atoms with Gasteiger partial charge >= 0.3 is 0 Å². The number of benzene rings is 1. The number of thioether (sulfide) groups is 1. The third-order valence-corrected chi connectivity index (χ3v) is 5.90. The minimum absolute atomic E-state index is 0.0713. The minimum Gasteiger partial charge on any atom is -0.320 e. The number of nitro benzene ring substituents is 1. The number of amides is 1. The number of nitrogens with zero attached hydrogens (tertiary/aromatic N) is 4. The van der Waals surface area contributed by atoms with E-state index >= 15 is 0 Å². The topological polar surface area (TPSA) is 103 Å². The Kier molecular flexibility index (Phi) is 5.87. The van der Waals surface area contributed by atoms with Crippen molar-refractivity contribution in [1.29, 1.82) is 0 Å². The molecule has 1 N–H and O–H groups in total. The van der Waals surface area contributed by atoms with Crippen molar-refractivity contribution in [3.05, 3.63) is 50.7 Å². The van der Waals surface area contributed by atoms with E-state index in [2.05, 4.69) is 28.5 Å². The summed E-state index contributed by atoms with van der Waals surface area (Å²) >= 11 is 2.91. The molecule has 0 bridgehead atoms. The molecule has 1 amide bonds. The van der Waals surface area contributed by atoms with E-state index in [0.29, 0.717) is 5.16 Å². The number of carbonyl (C=O) groups is 1. The maximum atomic E-state index is 12.2. The normalized spacial score (nSPS) is 10.7. The molecule has 2 heterocycles. The number of aromatic nitrogens is 3. The molecule has 140 valence electrons. The molecule has 0 spiro atoms. The van der Waals surface area contributed by atoms with Gasteiger partial charge in [0, 0.05) is 28.9 Å². The Morgan fingerprint density at radius 1 is 1.37 bits per heavy atom. The fraction of sp³-hybridized carbons (Fsp3) is 0.235. The summed E-state index contributed by atoms with van der Waals surface area (Å²) in [6.45, 7) is 2.10. The Hall–Kier alpha value is -2.72. The summed E-state index contributed by atoms with van der Waals surface area (Å²) in [4.78, 5) is 23.9. The van der Waals surface area contributed by atoms with Crippen molar-refractivity contribution in [3.8, 4) is 11.4 Å². The molecule has 0 aliphatic rings. The third-order valence-electron chi connectivity index (χ3n) is 3.80. The third kappa shape index (κ3) is 4.34. The number of para-hydroxylation sites is 2. The van der Waals surface area contributed by atoms with Crippen LogP contribution in [0.15, 0.2) is 40.9 Å². The average molecular weight is 403 g/mol. The molecule has 0 atom stereocenters. The minimum atomic E-state index is -0.525. The largest absolute Gasteiger partial charge is 0.320 e. The second kappa shape index (κ2) is 8.31. The molecule has 0 saturated heterocycles. The Labute approximate surface area is 163 Å². The van der Waals surface area contributed by atoms with Crippen LogP contribution >= 0.6 is 23.1 Å². The van der Waals surface area contributed by atoms with E-state index in [-0.39, 0.29) is 23.0 Å². The fourth-order valence-corrected chi connectivity index (χ4v) is 3.95. The first-order valence-corrected chi connectivity index (χ1v) is 9.99. The molecular formula is C17H17N5O3S2. The highest BCUT2D eigenvalue weighted by Crippen LogP contribution is 2.28. The molecule has 0 unspecified atom stereocenters. The number of anilines is 1. The molecule has 0 fully saturated rings. The van der Waals surface area contributed by atoms with Crippen LogP contribution in [0.25, 0.3) is 11.4 Å². The number of aryl methyl sites for hydroxylation is 1. The smallest absolute Gasteiger partial charge is 0.292 e. The van der Waals surface area contributed by atoms with E-state index in [1.807, 2.05) is 17.0 Å². The number of rotatable bonds is 7. The Morgan fingerprint density at radius 3 is 2.85 bits per heavy atom. The molecule has 27 heavy (non-hydrogen) atoms. The molecule has 8 nitrogen and oxygen atoms in total. The van der Waals surface area contributed by atoms with Crippen molar-refractivity contribution in [3.63, 3.8) is 0 Å². The number of nitro groups is 1. The monoisotopic (exact) mass is 403 g/mol. The van der Waals surface area contributed by atoms with E-state index in [4.69, 9.17) is 0 Å². The number of nitrogens with one attached hydrogen (secondary N) is 1. The molecule has 10 heteroatoms. The van der Waals surface area contributed by atoms with E-state index < -0.39 is 4.92 Å². The molecule has 0 saturated carbocycles. The lowest BCUT2D eigenvalue weighted by Gasteiger charge is -2.06. The quantitative estimate of drug-likeness (QED) is 0.366. The molecule has 3 rings (SSSR count). The van der Waals surface area contributed by atoms with Gasteiger partial charge in [-0.2, -0.15) is 0 Å². The highest BCUT2D eigenvalue weighted by Gasteiger charge is 2.17. The van der Waals surface area contributed by atoms with Crippen LogP contribution in [0.1, 0.15) is 11.8 Å². The van der Waals surface area contributed by atoms with E-state index in [1.54, 1.807) is 23.5 Å². The van der Waals surface area contributed by atoms with Gasteiger partial charge < -0.3 is 9.88 Å². The Bertz CT molecular complexity index is 983. The van der Waals surface area contributed by atoms with Gasteiger partial charge in [-0.15, -0.1) is 21.5 Å². The van der Waals surface area contributed by atoms with E-state index in [1.165, 1.54) is 28.8 Å². The first-order chi connectivity index (χ1) is 13.0. The lowest BCUT2D eigenvalue weighted by atomic mass is 10.2. The van der Waals surface area contributed by atoms with Gasteiger partial charge in [-0.05, 0) is 18.6 Å². The summed E-state index contributed by atoms with van der Waals surface area (Å²) in [6.07, 6.45) is 0.968. The fourth-order valence-electron chi connectivity index (χ4n) is 2.43. The van der Waals surface area contributed by atoms with E-state index in [9.17, 15) is 14.9 Å². The van der Waals surface area contributed by atoms with Crippen LogP contribution in [0.2, 0.25) is 0 Å². The van der Waals surface area contributed by atoms with Gasteiger partial charge in [0.15, 0.2) is 11.0 Å². The summed E-state index contributed by atoms with van der Waals surface area (Å²) in [5.41, 5.74) is 1.04. The second-order valence-electron chi connectivity index (χ2n) is 5.63. The number of hydrogen-bond donors (Lipinski definition) is 1. The van der Waals surface area contributed by atoms with Gasteiger partial charge in [-0.1, -0.05) is 30.8 Å². The molecular weight excluding hydrogens is 386 g/mol. The van der Waals surface area contributed by atoms with Crippen LogP contribution in [0.4, 0.5) is 11.4 Å². The Balaban J connectivity index is 1.65. The number of carbonyl (C=O) groups excluding carboxylic acids is 1. The molecule has 0 radical (unpaired) electrons. The van der Waals surface area contributed by atoms with Crippen molar-refractivity contribution in [2.75, 3.05) is 11.1 Å². The summed E-state index contributed by atoms with van der Waals surface area (Å²) in [6, 6.07) is 8.13. The summed E-state index contributed by atoms with van der Waals surface area (Å²) < 4.78 is 1.84. The molecule has 1 aromatic carbocycles. The van der Waals surface area contributed by atoms with Crippen LogP contribution in [0.5, 0.6) is 0 Å². The summed E-state index contributed by atoms with van der Waals surface area (Å²) in [5, 5.41) is 24.6. The predicted octanol–water partition coefficient (Wildman–Crippen LogP) is 3.75. The molecule has 2 aromatic heterocycles. The van der Waals surface area contributed by atoms with Gasteiger partial charge in [-0.3, -0.25) is 14.9 Å². The van der Waals surface area contributed by atoms with Gasteiger partial charge in [-0.25, -0.2) is 0 Å². The van der Waals surface area contributed by atoms with Gasteiger partial charge in [0.05, 0.1) is 10.7 Å². The standard InChI is InChI=1S/C17H17N5O3S2/c1-3-12-8-11(9-26-12)16-19-20-17(21(16)2)27-10-15(23)18-13-6-4-5-7-14(13)22(24)25/h4-9H,3,10H2,1-2H3,(H,18,23). The van der Waals surface area contributed by atoms with Crippen LogP contribution in [-0.4, -0.2) is 31.3 Å². The van der Waals surface area contributed by atoms with Crippen molar-refractivity contribution in [2.45, 2.75) is 18.5 Å². The zero-order chi connectivity index (χ0) is 19.4. The zero-order valence-electron chi connectivity index (χ0n) is 14.7. The number of thiophene rings is 1. The maximum absolute atomic E-state index is 12.2. The second-order valence-corrected chi connectivity index (χ2v) is 7.57. The SMILES string of the molecule is CCc1cc(-c2nnc(SCC(=O)Nc3ccccc3[N+](=O)[O-])n2C)cs1. The Morgan fingerprint density at radius 2 is 2.15 bits per heavy atom. The summed E-state index contributed by atoms with van der Waals surface area (Å²) in [5.74, 6) is 0.470. The van der Waals surface area contributed by atoms with Crippen LogP contribution < -0.4 is 5.32 Å². The van der Waals surface area contributed by atoms with Crippen molar-refractivity contribution in [1.82, 2.24) is 14.8 Å². The molecule has 3 aromatic rings. The maximum Gasteiger partial charge on any atom is 0.292 e. The lowest BCUT2D eigenvalue weighted by Crippen LogP contribution is -2.15. The number of hydrogen-bond acceptors (Lipinski definition) is 7. The van der Waals surface area contributed by atoms with Crippen molar-refractivity contribution >= 4 is 40.4 Å². The van der Waals surface area contributed by atoms with Crippen molar-refractivity contribution in [2.24, 2.45) is 7.05 Å². The zero-order valence-corrected chi connectivity index (χ0v) is 16.3. The highest BCUT2D eigenvalue weighted by atomic mass is 32.2. The van der Waals surface area contributed by atoms with Gasteiger partial charge in [0.25, 0.3) is 5.69 Å². The predicted molar refractivity (Wildman–Crippen MR) is 106 cm³/mol. The highest BCUT2D eigenvalue weighted by molar-refractivity contribution is 7.99. The van der Waals surface area contributed by atoms with Gasteiger partial charge in [0.2, 0.25) is 5.91 Å². The molecule has 0 aliphatic heterocycles. The van der Waals surface area contributed by atoms with Gasteiger partial charge in [0.1, 0.15) is 5.69 Å². The first-order valence-electron chi connectivity index (χ1n) is 8.12. The first kappa shape index (κ1) is 19.1.